The molecule has 0 aromatic carbocycles. The van der Waals surface area contributed by atoms with Gasteiger partial charge in [-0.15, -0.1) is 24.0 Å². The Kier molecular flexibility index (Phi) is 10.8. The van der Waals surface area contributed by atoms with E-state index in [0.29, 0.717) is 12.5 Å². The third-order valence-corrected chi connectivity index (χ3v) is 4.27. The summed E-state index contributed by atoms with van der Waals surface area (Å²) in [7, 11) is 0. The predicted molar refractivity (Wildman–Crippen MR) is 118 cm³/mol. The van der Waals surface area contributed by atoms with Gasteiger partial charge >= 0.3 is 0 Å². The quantitative estimate of drug-likeness (QED) is 0.370. The molecule has 1 saturated heterocycles. The van der Waals surface area contributed by atoms with Crippen molar-refractivity contribution in [2.45, 2.75) is 53.0 Å². The Bertz CT molecular complexity index is 512. The first-order valence-electron chi connectivity index (χ1n) is 9.41. The van der Waals surface area contributed by atoms with Crippen LogP contribution in [0.15, 0.2) is 23.3 Å². The Balaban J connectivity index is 0.00000312. The third-order valence-electron chi connectivity index (χ3n) is 4.27. The number of aliphatic imine (C=N–C) groups is 1. The Hall–Kier alpha value is -1.05. The zero-order valence-electron chi connectivity index (χ0n) is 15.9. The second-order valence-corrected chi connectivity index (χ2v) is 6.87. The van der Waals surface area contributed by atoms with Crippen LogP contribution in [0.4, 0.5) is 5.82 Å². The second kappa shape index (κ2) is 12.3. The molecule has 2 rings (SSSR count). The lowest BCUT2D eigenvalue weighted by Gasteiger charge is -2.27. The first-order valence-corrected chi connectivity index (χ1v) is 9.41. The van der Waals surface area contributed by atoms with E-state index in [9.17, 15) is 0 Å². The van der Waals surface area contributed by atoms with Crippen LogP contribution in [0.1, 0.15) is 52.0 Å². The molecular weight excluding hydrogens is 425 g/mol. The van der Waals surface area contributed by atoms with Crippen molar-refractivity contribution in [3.05, 3.63) is 23.9 Å². The van der Waals surface area contributed by atoms with Crippen molar-refractivity contribution >= 4 is 35.8 Å². The van der Waals surface area contributed by atoms with Crippen molar-refractivity contribution in [2.75, 3.05) is 31.1 Å². The van der Waals surface area contributed by atoms with Gasteiger partial charge in [0.15, 0.2) is 5.96 Å². The molecule has 0 atom stereocenters. The minimum absolute atomic E-state index is 0. The highest BCUT2D eigenvalue weighted by Gasteiger charge is 2.12. The van der Waals surface area contributed by atoms with E-state index in [2.05, 4.69) is 53.4 Å². The maximum atomic E-state index is 4.71. The normalized spacial score (nSPS) is 15.0. The van der Waals surface area contributed by atoms with Crippen LogP contribution in [0.2, 0.25) is 0 Å². The lowest BCUT2D eigenvalue weighted by Crippen LogP contribution is -2.38. The number of nitrogens with zero attached hydrogens (tertiary/aromatic N) is 3. The van der Waals surface area contributed by atoms with Crippen LogP contribution in [-0.2, 0) is 6.54 Å². The second-order valence-electron chi connectivity index (χ2n) is 6.87. The number of pyridine rings is 1. The fourth-order valence-electron chi connectivity index (χ4n) is 2.85. The molecule has 2 N–H and O–H groups in total. The average molecular weight is 459 g/mol. The number of nitrogens with one attached hydrogen (secondary N) is 2. The first kappa shape index (κ1) is 22.0. The third kappa shape index (κ3) is 8.25. The molecule has 1 aliphatic heterocycles. The van der Waals surface area contributed by atoms with Crippen LogP contribution in [0.5, 0.6) is 0 Å². The molecule has 0 spiro atoms. The molecule has 5 nitrogen and oxygen atoms in total. The van der Waals surface area contributed by atoms with Crippen molar-refractivity contribution in [3.8, 4) is 0 Å². The summed E-state index contributed by atoms with van der Waals surface area (Å²) in [6.45, 7) is 11.3. The van der Waals surface area contributed by atoms with E-state index in [-0.39, 0.29) is 24.0 Å². The Morgan fingerprint density at radius 3 is 2.68 bits per heavy atom. The van der Waals surface area contributed by atoms with E-state index in [1.54, 1.807) is 0 Å². The fraction of sp³-hybridized carbons (Fsp3) is 0.684. The summed E-state index contributed by atoms with van der Waals surface area (Å²) in [5, 5.41) is 6.73. The topological polar surface area (TPSA) is 52.6 Å². The maximum absolute atomic E-state index is 4.71. The summed E-state index contributed by atoms with van der Waals surface area (Å²) in [5.74, 6) is 2.70. The molecule has 1 aromatic heterocycles. The number of halogens is 1. The maximum Gasteiger partial charge on any atom is 0.191 e. The van der Waals surface area contributed by atoms with Crippen LogP contribution in [0.3, 0.4) is 0 Å². The Morgan fingerprint density at radius 1 is 1.24 bits per heavy atom. The summed E-state index contributed by atoms with van der Waals surface area (Å²) in [6, 6.07) is 4.25. The monoisotopic (exact) mass is 459 g/mol. The summed E-state index contributed by atoms with van der Waals surface area (Å²) in [5.41, 5.74) is 1.21. The highest BCUT2D eigenvalue weighted by molar-refractivity contribution is 14.0. The number of aromatic nitrogens is 1. The molecule has 0 amide bonds. The minimum atomic E-state index is 0. The molecule has 0 radical (unpaired) electrons. The standard InChI is InChI=1S/C19H33N5.HI/c1-4-20-19(22-10-8-16(2)3)23-15-17-9-11-21-18(14-17)24-12-6-5-7-13-24;/h9,11,14,16H,4-8,10,12-13,15H2,1-3H3,(H2,20,22,23);1H. The minimum Gasteiger partial charge on any atom is -0.357 e. The summed E-state index contributed by atoms with van der Waals surface area (Å²) in [4.78, 5) is 11.6. The molecule has 2 heterocycles. The van der Waals surface area contributed by atoms with Crippen molar-refractivity contribution in [1.29, 1.82) is 0 Å². The van der Waals surface area contributed by atoms with Gasteiger partial charge in [0, 0.05) is 32.4 Å². The van der Waals surface area contributed by atoms with Gasteiger partial charge in [-0.05, 0) is 56.2 Å². The number of hydrogen-bond donors (Lipinski definition) is 2. The smallest absolute Gasteiger partial charge is 0.191 e. The van der Waals surface area contributed by atoms with Gasteiger partial charge in [-0.2, -0.15) is 0 Å². The molecule has 0 unspecified atom stereocenters. The van der Waals surface area contributed by atoms with Gasteiger partial charge in [-0.3, -0.25) is 0 Å². The van der Waals surface area contributed by atoms with E-state index >= 15 is 0 Å². The van der Waals surface area contributed by atoms with E-state index in [4.69, 9.17) is 4.99 Å². The van der Waals surface area contributed by atoms with Crippen LogP contribution < -0.4 is 15.5 Å². The van der Waals surface area contributed by atoms with Crippen LogP contribution in [-0.4, -0.2) is 37.1 Å². The summed E-state index contributed by atoms with van der Waals surface area (Å²) in [6.07, 6.45) is 6.95. The predicted octanol–water partition coefficient (Wildman–Crippen LogP) is 3.79. The van der Waals surface area contributed by atoms with E-state index < -0.39 is 0 Å². The van der Waals surface area contributed by atoms with E-state index in [0.717, 1.165) is 44.4 Å². The van der Waals surface area contributed by atoms with Crippen LogP contribution in [0, 0.1) is 5.92 Å². The summed E-state index contributed by atoms with van der Waals surface area (Å²) >= 11 is 0. The van der Waals surface area contributed by atoms with Crippen molar-refractivity contribution in [2.24, 2.45) is 10.9 Å². The van der Waals surface area contributed by atoms with Crippen molar-refractivity contribution in [3.63, 3.8) is 0 Å². The van der Waals surface area contributed by atoms with Crippen LogP contribution in [0.25, 0.3) is 0 Å². The largest absolute Gasteiger partial charge is 0.357 e. The molecule has 0 bridgehead atoms. The Morgan fingerprint density at radius 2 is 2.00 bits per heavy atom. The fourth-order valence-corrected chi connectivity index (χ4v) is 2.85. The van der Waals surface area contributed by atoms with Gasteiger partial charge in [-0.25, -0.2) is 9.98 Å². The molecule has 25 heavy (non-hydrogen) atoms. The zero-order valence-corrected chi connectivity index (χ0v) is 18.3. The molecule has 142 valence electrons. The van der Waals surface area contributed by atoms with E-state index in [1.807, 2.05) is 6.20 Å². The van der Waals surface area contributed by atoms with Gasteiger partial charge in [-0.1, -0.05) is 13.8 Å². The van der Waals surface area contributed by atoms with Crippen LogP contribution >= 0.6 is 24.0 Å². The van der Waals surface area contributed by atoms with Crippen molar-refractivity contribution < 1.29 is 0 Å². The average Bonchev–Trinajstić information content (AvgIpc) is 2.60. The number of hydrogen-bond acceptors (Lipinski definition) is 3. The van der Waals surface area contributed by atoms with Gasteiger partial charge in [0.05, 0.1) is 6.54 Å². The SMILES string of the molecule is CCNC(=NCc1ccnc(N2CCCCC2)c1)NCCC(C)C.I. The highest BCUT2D eigenvalue weighted by Crippen LogP contribution is 2.18. The molecule has 0 aliphatic carbocycles. The summed E-state index contributed by atoms with van der Waals surface area (Å²) < 4.78 is 0. The molecular formula is C19H34IN5. The molecule has 1 aliphatic rings. The molecule has 1 aromatic rings. The number of rotatable bonds is 7. The number of piperidine rings is 1. The molecule has 6 heteroatoms. The van der Waals surface area contributed by atoms with Gasteiger partial charge in [0.1, 0.15) is 5.82 Å². The van der Waals surface area contributed by atoms with Gasteiger partial charge in [0.2, 0.25) is 0 Å². The highest BCUT2D eigenvalue weighted by atomic mass is 127. The number of guanidine groups is 1. The lowest BCUT2D eigenvalue weighted by molar-refractivity contribution is 0.573. The first-order chi connectivity index (χ1) is 11.7. The Labute approximate surface area is 170 Å². The molecule has 0 saturated carbocycles. The lowest BCUT2D eigenvalue weighted by atomic mass is 10.1. The zero-order chi connectivity index (χ0) is 17.2. The van der Waals surface area contributed by atoms with Gasteiger partial charge < -0.3 is 15.5 Å². The number of anilines is 1. The van der Waals surface area contributed by atoms with Crippen molar-refractivity contribution in [1.82, 2.24) is 15.6 Å². The molecule has 1 fully saturated rings. The van der Waals surface area contributed by atoms with E-state index in [1.165, 1.54) is 24.8 Å². The van der Waals surface area contributed by atoms with Gasteiger partial charge in [0.25, 0.3) is 0 Å².